The van der Waals surface area contributed by atoms with Crippen molar-refractivity contribution in [2.45, 2.75) is 24.3 Å². The van der Waals surface area contributed by atoms with Gasteiger partial charge in [0.2, 0.25) is 10.0 Å². The van der Waals surface area contributed by atoms with Crippen molar-refractivity contribution in [3.05, 3.63) is 54.1 Å². The van der Waals surface area contributed by atoms with Gasteiger partial charge in [-0.25, -0.2) is 8.42 Å². The predicted molar refractivity (Wildman–Crippen MR) is 107 cm³/mol. The number of carbonyl (C=O) groups is 1. The predicted octanol–water partition coefficient (Wildman–Crippen LogP) is 2.85. The van der Waals surface area contributed by atoms with Crippen molar-refractivity contribution in [2.24, 2.45) is 5.92 Å². The second kappa shape index (κ2) is 9.28. The van der Waals surface area contributed by atoms with E-state index in [2.05, 4.69) is 0 Å². The summed E-state index contributed by atoms with van der Waals surface area (Å²) in [6.45, 7) is 0.622. The van der Waals surface area contributed by atoms with Crippen molar-refractivity contribution in [3.63, 3.8) is 0 Å². The second-order valence-corrected chi connectivity index (χ2v) is 8.77. The molecule has 0 radical (unpaired) electrons. The number of carbonyl (C=O) groups excluding carboxylic acids is 1. The molecular weight excluding hydrogens is 394 g/mol. The normalized spacial score (nSPS) is 17.5. The van der Waals surface area contributed by atoms with Gasteiger partial charge in [-0.3, -0.25) is 4.79 Å². The van der Waals surface area contributed by atoms with Crippen molar-refractivity contribution in [1.29, 1.82) is 0 Å². The molecule has 29 heavy (non-hydrogen) atoms. The number of rotatable bonds is 7. The number of esters is 1. The minimum Gasteiger partial charge on any atom is -0.497 e. The fraction of sp³-hybridized carbons (Fsp3) is 0.381. The molecule has 0 bridgehead atoms. The molecule has 1 unspecified atom stereocenters. The molecule has 0 amide bonds. The summed E-state index contributed by atoms with van der Waals surface area (Å²) in [5.41, 5.74) is 0.816. The first-order valence-corrected chi connectivity index (χ1v) is 10.8. The number of sulfonamides is 1. The van der Waals surface area contributed by atoms with Gasteiger partial charge in [0.15, 0.2) is 0 Å². The van der Waals surface area contributed by atoms with E-state index in [1.165, 1.54) is 23.5 Å². The number of hydrogen-bond donors (Lipinski definition) is 0. The van der Waals surface area contributed by atoms with Crippen molar-refractivity contribution < 1.29 is 27.4 Å². The minimum absolute atomic E-state index is 0.116. The fourth-order valence-corrected chi connectivity index (χ4v) is 4.81. The Hall–Kier alpha value is -2.58. The summed E-state index contributed by atoms with van der Waals surface area (Å²) in [6, 6.07) is 13.5. The first-order chi connectivity index (χ1) is 13.9. The first-order valence-electron chi connectivity index (χ1n) is 9.38. The molecule has 7 nitrogen and oxygen atoms in total. The van der Waals surface area contributed by atoms with E-state index in [-0.39, 0.29) is 24.0 Å². The van der Waals surface area contributed by atoms with Gasteiger partial charge in [-0.2, -0.15) is 4.31 Å². The van der Waals surface area contributed by atoms with Crippen LogP contribution < -0.4 is 9.47 Å². The first kappa shape index (κ1) is 21.1. The molecular formula is C21H25NO6S. The third kappa shape index (κ3) is 5.07. The number of methoxy groups -OCH3 is 2. The molecule has 1 atom stereocenters. The van der Waals surface area contributed by atoms with Gasteiger partial charge in [0, 0.05) is 13.1 Å². The van der Waals surface area contributed by atoms with Gasteiger partial charge in [0.1, 0.15) is 18.1 Å². The van der Waals surface area contributed by atoms with Gasteiger partial charge >= 0.3 is 5.97 Å². The van der Waals surface area contributed by atoms with Crippen molar-refractivity contribution >= 4 is 16.0 Å². The lowest BCUT2D eigenvalue weighted by Crippen LogP contribution is -2.42. The molecule has 0 aliphatic carbocycles. The average Bonchev–Trinajstić information content (AvgIpc) is 2.77. The second-order valence-electron chi connectivity index (χ2n) is 6.84. The molecule has 2 aromatic carbocycles. The van der Waals surface area contributed by atoms with Gasteiger partial charge < -0.3 is 14.2 Å². The van der Waals surface area contributed by atoms with E-state index < -0.39 is 15.9 Å². The van der Waals surface area contributed by atoms with Gasteiger partial charge in [-0.05, 0) is 54.8 Å². The number of benzene rings is 2. The van der Waals surface area contributed by atoms with Crippen LogP contribution in [0.5, 0.6) is 11.5 Å². The quantitative estimate of drug-likeness (QED) is 0.642. The van der Waals surface area contributed by atoms with Gasteiger partial charge in [0.25, 0.3) is 0 Å². The van der Waals surface area contributed by atoms with Crippen LogP contribution in [0, 0.1) is 5.92 Å². The summed E-state index contributed by atoms with van der Waals surface area (Å²) in [4.78, 5) is 12.7. The maximum absolute atomic E-state index is 12.9. The van der Waals surface area contributed by atoms with Crippen LogP contribution >= 0.6 is 0 Å². The molecule has 3 rings (SSSR count). The third-order valence-corrected chi connectivity index (χ3v) is 6.81. The summed E-state index contributed by atoms with van der Waals surface area (Å²) in [5.74, 6) is 0.402. The molecule has 1 aliphatic rings. The van der Waals surface area contributed by atoms with E-state index in [0.29, 0.717) is 30.9 Å². The van der Waals surface area contributed by atoms with E-state index in [0.717, 1.165) is 5.56 Å². The fourth-order valence-electron chi connectivity index (χ4n) is 3.28. The Kier molecular flexibility index (Phi) is 6.76. The average molecular weight is 419 g/mol. The van der Waals surface area contributed by atoms with Crippen LogP contribution in [-0.2, 0) is 26.2 Å². The molecule has 0 aromatic heterocycles. The largest absolute Gasteiger partial charge is 0.497 e. The molecule has 1 heterocycles. The summed E-state index contributed by atoms with van der Waals surface area (Å²) in [5, 5.41) is 0. The molecule has 2 aromatic rings. The summed E-state index contributed by atoms with van der Waals surface area (Å²) < 4.78 is 42.9. The molecule has 1 aliphatic heterocycles. The van der Waals surface area contributed by atoms with Crippen LogP contribution in [0.1, 0.15) is 18.4 Å². The lowest BCUT2D eigenvalue weighted by molar-refractivity contribution is -0.151. The topological polar surface area (TPSA) is 82.1 Å². The standard InChI is InChI=1S/C21H25NO6S/c1-26-18-8-10-20(11-9-18)29(24,25)22-12-4-6-17(14-22)21(23)28-15-16-5-3-7-19(13-16)27-2/h3,5,7-11,13,17H,4,6,12,14-15H2,1-2H3. The zero-order valence-electron chi connectivity index (χ0n) is 16.5. The molecule has 1 saturated heterocycles. The molecule has 0 N–H and O–H groups in total. The highest BCUT2D eigenvalue weighted by molar-refractivity contribution is 7.89. The van der Waals surface area contributed by atoms with E-state index in [4.69, 9.17) is 14.2 Å². The van der Waals surface area contributed by atoms with E-state index in [9.17, 15) is 13.2 Å². The highest BCUT2D eigenvalue weighted by atomic mass is 32.2. The van der Waals surface area contributed by atoms with E-state index >= 15 is 0 Å². The summed E-state index contributed by atoms with van der Waals surface area (Å²) in [7, 11) is -0.578. The Balaban J connectivity index is 1.63. The van der Waals surface area contributed by atoms with E-state index in [1.54, 1.807) is 25.3 Å². The number of hydrogen-bond acceptors (Lipinski definition) is 6. The Bertz CT molecular complexity index is 942. The third-order valence-electron chi connectivity index (χ3n) is 4.93. The lowest BCUT2D eigenvalue weighted by atomic mass is 10.00. The highest BCUT2D eigenvalue weighted by Crippen LogP contribution is 2.26. The van der Waals surface area contributed by atoms with Crippen LogP contribution in [0.4, 0.5) is 0 Å². The van der Waals surface area contributed by atoms with Crippen molar-refractivity contribution in [2.75, 3.05) is 27.3 Å². The summed E-state index contributed by atoms with van der Waals surface area (Å²) in [6.07, 6.45) is 1.21. The van der Waals surface area contributed by atoms with Crippen LogP contribution in [0.3, 0.4) is 0 Å². The van der Waals surface area contributed by atoms with Gasteiger partial charge in [-0.1, -0.05) is 12.1 Å². The smallest absolute Gasteiger partial charge is 0.310 e. The molecule has 156 valence electrons. The molecule has 1 fully saturated rings. The minimum atomic E-state index is -3.68. The highest BCUT2D eigenvalue weighted by Gasteiger charge is 2.34. The van der Waals surface area contributed by atoms with Crippen LogP contribution in [-0.4, -0.2) is 46.0 Å². The van der Waals surface area contributed by atoms with Gasteiger partial charge in [0.05, 0.1) is 25.0 Å². The van der Waals surface area contributed by atoms with Crippen LogP contribution in [0.2, 0.25) is 0 Å². The Morgan fingerprint density at radius 3 is 2.48 bits per heavy atom. The Morgan fingerprint density at radius 2 is 1.79 bits per heavy atom. The number of ether oxygens (including phenoxy) is 3. The van der Waals surface area contributed by atoms with Crippen LogP contribution in [0.15, 0.2) is 53.4 Å². The molecule has 8 heteroatoms. The monoisotopic (exact) mass is 419 g/mol. The Morgan fingerprint density at radius 1 is 1.07 bits per heavy atom. The Labute approximate surface area is 171 Å². The maximum atomic E-state index is 12.9. The number of nitrogens with zero attached hydrogens (tertiary/aromatic N) is 1. The SMILES string of the molecule is COc1ccc(S(=O)(=O)N2CCCC(C(=O)OCc3cccc(OC)c3)C2)cc1. The molecule has 0 spiro atoms. The van der Waals surface area contributed by atoms with E-state index in [1.807, 2.05) is 18.2 Å². The van der Waals surface area contributed by atoms with Crippen LogP contribution in [0.25, 0.3) is 0 Å². The van der Waals surface area contributed by atoms with Crippen molar-refractivity contribution in [1.82, 2.24) is 4.31 Å². The van der Waals surface area contributed by atoms with Crippen molar-refractivity contribution in [3.8, 4) is 11.5 Å². The maximum Gasteiger partial charge on any atom is 0.310 e. The van der Waals surface area contributed by atoms with Gasteiger partial charge in [-0.15, -0.1) is 0 Å². The number of piperidine rings is 1. The zero-order chi connectivity index (χ0) is 20.9. The zero-order valence-corrected chi connectivity index (χ0v) is 17.4. The molecule has 0 saturated carbocycles. The lowest BCUT2D eigenvalue weighted by Gasteiger charge is -2.30. The summed E-state index contributed by atoms with van der Waals surface area (Å²) >= 11 is 0.